The number of amides is 1. The summed E-state index contributed by atoms with van der Waals surface area (Å²) in [6.07, 6.45) is 3.28. The molecule has 1 aliphatic carbocycles. The van der Waals surface area contributed by atoms with Crippen LogP contribution in [0.2, 0.25) is 5.02 Å². The lowest BCUT2D eigenvalue weighted by Gasteiger charge is -2.18. The smallest absolute Gasteiger partial charge is 0.236 e. The van der Waals surface area contributed by atoms with Gasteiger partial charge in [0.1, 0.15) is 0 Å². The Labute approximate surface area is 194 Å². The van der Waals surface area contributed by atoms with E-state index >= 15 is 0 Å². The van der Waals surface area contributed by atoms with Crippen molar-refractivity contribution in [1.29, 1.82) is 0 Å². The molecular weight excluding hydrogens is 450 g/mol. The molecule has 3 N–H and O–H groups in total. The highest BCUT2D eigenvalue weighted by molar-refractivity contribution is 7.15. The van der Waals surface area contributed by atoms with Gasteiger partial charge in [-0.2, -0.15) is 0 Å². The number of aliphatic hydroxyl groups excluding tert-OH is 1. The Morgan fingerprint density at radius 3 is 2.81 bits per heavy atom. The molecule has 0 spiro atoms. The van der Waals surface area contributed by atoms with E-state index in [0.717, 1.165) is 28.8 Å². The van der Waals surface area contributed by atoms with Crippen LogP contribution in [-0.2, 0) is 10.2 Å². The van der Waals surface area contributed by atoms with Crippen LogP contribution in [0.3, 0.4) is 0 Å². The molecule has 3 aromatic rings. The molecule has 1 fully saturated rings. The van der Waals surface area contributed by atoms with E-state index in [9.17, 15) is 9.90 Å². The molecule has 2 aromatic carbocycles. The summed E-state index contributed by atoms with van der Waals surface area (Å²) in [7, 11) is 0. The maximum Gasteiger partial charge on any atom is 0.236 e. The molecule has 1 unspecified atom stereocenters. The van der Waals surface area contributed by atoms with Crippen LogP contribution in [0.25, 0.3) is 0 Å². The second-order valence-electron chi connectivity index (χ2n) is 7.80. The van der Waals surface area contributed by atoms with Crippen molar-refractivity contribution in [1.82, 2.24) is 10.3 Å². The zero-order valence-corrected chi connectivity index (χ0v) is 18.7. The zero-order chi connectivity index (χ0) is 22.1. The van der Waals surface area contributed by atoms with E-state index in [1.807, 2.05) is 42.5 Å². The number of hydrogen-bond acceptors (Lipinski definition) is 7. The molecule has 2 heterocycles. The molecule has 0 bridgehead atoms. The van der Waals surface area contributed by atoms with Crippen molar-refractivity contribution in [2.24, 2.45) is 0 Å². The highest BCUT2D eigenvalue weighted by atomic mass is 35.5. The Hall–Kier alpha value is -2.65. The topological polar surface area (TPSA) is 92.7 Å². The van der Waals surface area contributed by atoms with E-state index < -0.39 is 5.41 Å². The molecule has 1 aliphatic heterocycles. The number of benzene rings is 2. The van der Waals surface area contributed by atoms with Crippen LogP contribution in [0.5, 0.6) is 11.5 Å². The Bertz CT molecular complexity index is 1150. The molecule has 32 heavy (non-hydrogen) atoms. The van der Waals surface area contributed by atoms with Gasteiger partial charge in [-0.05, 0) is 42.2 Å². The molecule has 2 aliphatic rings. The number of anilines is 1. The SMILES string of the molecule is O=C(Nc1ncc(C(NCCO)c2ccccc2Cl)s1)C1(c2ccc3c(c2)OCO3)CC1. The summed E-state index contributed by atoms with van der Waals surface area (Å²) in [4.78, 5) is 18.5. The molecule has 5 rings (SSSR count). The minimum absolute atomic E-state index is 0.00139. The van der Waals surface area contributed by atoms with Gasteiger partial charge in [-0.25, -0.2) is 4.98 Å². The number of carbonyl (C=O) groups excluding carboxylic acids is 1. The van der Waals surface area contributed by atoms with Crippen LogP contribution in [0.15, 0.2) is 48.7 Å². The number of halogens is 1. The predicted octanol–water partition coefficient (Wildman–Crippen LogP) is 3.87. The summed E-state index contributed by atoms with van der Waals surface area (Å²) in [5.74, 6) is 1.31. The molecule has 9 heteroatoms. The van der Waals surface area contributed by atoms with E-state index in [0.29, 0.717) is 28.2 Å². The van der Waals surface area contributed by atoms with Gasteiger partial charge in [0.05, 0.1) is 18.1 Å². The molecule has 1 atom stereocenters. The van der Waals surface area contributed by atoms with Crippen LogP contribution >= 0.6 is 22.9 Å². The van der Waals surface area contributed by atoms with Crippen molar-refractivity contribution >= 4 is 34.0 Å². The maximum absolute atomic E-state index is 13.2. The standard InChI is InChI=1S/C23H22ClN3O4S/c24-16-4-2-1-3-15(16)20(25-9-10-28)19-12-26-22(32-19)27-21(29)23(7-8-23)14-5-6-17-18(11-14)31-13-30-17/h1-6,11-12,20,25,28H,7-10,13H2,(H,26,27,29). The average Bonchev–Trinajstić information content (AvgIpc) is 3.26. The number of nitrogens with one attached hydrogen (secondary N) is 2. The Morgan fingerprint density at radius 2 is 2.03 bits per heavy atom. The average molecular weight is 472 g/mol. The molecule has 7 nitrogen and oxygen atoms in total. The summed E-state index contributed by atoms with van der Waals surface area (Å²) in [6.45, 7) is 0.612. The molecule has 166 valence electrons. The predicted molar refractivity (Wildman–Crippen MR) is 123 cm³/mol. The summed E-state index contributed by atoms with van der Waals surface area (Å²) in [5.41, 5.74) is 1.25. The van der Waals surface area contributed by atoms with E-state index in [2.05, 4.69) is 15.6 Å². The Morgan fingerprint density at radius 1 is 1.22 bits per heavy atom. The summed E-state index contributed by atoms with van der Waals surface area (Å²) < 4.78 is 10.9. The first-order valence-electron chi connectivity index (χ1n) is 10.4. The van der Waals surface area contributed by atoms with Gasteiger partial charge in [-0.15, -0.1) is 0 Å². The fourth-order valence-electron chi connectivity index (χ4n) is 3.94. The molecule has 1 aromatic heterocycles. The monoisotopic (exact) mass is 471 g/mol. The largest absolute Gasteiger partial charge is 0.454 e. The Balaban J connectivity index is 1.35. The number of fused-ring (bicyclic) bond motifs is 1. The van der Waals surface area contributed by atoms with E-state index in [4.69, 9.17) is 21.1 Å². The van der Waals surface area contributed by atoms with Crippen LogP contribution in [-0.4, -0.2) is 35.9 Å². The normalized spacial score (nSPS) is 16.6. The number of aliphatic hydroxyl groups is 1. The maximum atomic E-state index is 13.2. The minimum Gasteiger partial charge on any atom is -0.454 e. The highest BCUT2D eigenvalue weighted by Crippen LogP contribution is 2.51. The van der Waals surface area contributed by atoms with Crippen molar-refractivity contribution in [2.75, 3.05) is 25.3 Å². The van der Waals surface area contributed by atoms with Crippen LogP contribution in [0.4, 0.5) is 5.13 Å². The second-order valence-corrected chi connectivity index (χ2v) is 9.27. The van der Waals surface area contributed by atoms with Gasteiger partial charge < -0.3 is 25.2 Å². The van der Waals surface area contributed by atoms with Gasteiger partial charge >= 0.3 is 0 Å². The molecule has 0 saturated heterocycles. The molecule has 1 amide bonds. The lowest BCUT2D eigenvalue weighted by Crippen LogP contribution is -2.27. The van der Waals surface area contributed by atoms with Crippen molar-refractivity contribution in [3.8, 4) is 11.5 Å². The third-order valence-corrected chi connectivity index (χ3v) is 7.14. The lowest BCUT2D eigenvalue weighted by molar-refractivity contribution is -0.118. The third-order valence-electron chi connectivity index (χ3n) is 5.81. The third kappa shape index (κ3) is 3.95. The fraction of sp³-hybridized carbons (Fsp3) is 0.304. The van der Waals surface area contributed by atoms with Crippen molar-refractivity contribution in [3.63, 3.8) is 0 Å². The first-order chi connectivity index (χ1) is 15.6. The summed E-state index contributed by atoms with van der Waals surface area (Å²) >= 11 is 7.80. The molecule has 1 saturated carbocycles. The highest BCUT2D eigenvalue weighted by Gasteiger charge is 2.52. The van der Waals surface area contributed by atoms with E-state index in [1.165, 1.54) is 11.3 Å². The second kappa shape index (κ2) is 8.71. The first kappa shape index (κ1) is 21.2. The van der Waals surface area contributed by atoms with Crippen LogP contribution in [0, 0.1) is 0 Å². The van der Waals surface area contributed by atoms with Gasteiger partial charge in [-0.1, -0.05) is 47.2 Å². The number of thiazole rings is 1. The minimum atomic E-state index is -0.565. The van der Waals surface area contributed by atoms with Crippen LogP contribution < -0.4 is 20.1 Å². The van der Waals surface area contributed by atoms with Gasteiger partial charge in [0, 0.05) is 22.6 Å². The summed E-state index contributed by atoms with van der Waals surface area (Å²) in [5, 5.41) is 16.7. The summed E-state index contributed by atoms with van der Waals surface area (Å²) in [6, 6.07) is 13.0. The van der Waals surface area contributed by atoms with Crippen LogP contribution in [0.1, 0.15) is 34.9 Å². The first-order valence-corrected chi connectivity index (χ1v) is 11.6. The van der Waals surface area contributed by atoms with Gasteiger partial charge in [0.15, 0.2) is 16.6 Å². The van der Waals surface area contributed by atoms with Gasteiger partial charge in [-0.3, -0.25) is 4.79 Å². The van der Waals surface area contributed by atoms with E-state index in [1.54, 1.807) is 6.20 Å². The lowest BCUT2D eigenvalue weighted by atomic mass is 9.94. The number of carbonyl (C=O) groups is 1. The van der Waals surface area contributed by atoms with Crippen molar-refractivity contribution < 1.29 is 19.4 Å². The number of nitrogens with zero attached hydrogens (tertiary/aromatic N) is 1. The zero-order valence-electron chi connectivity index (χ0n) is 17.1. The van der Waals surface area contributed by atoms with E-state index in [-0.39, 0.29) is 25.3 Å². The number of rotatable bonds is 8. The quantitative estimate of drug-likeness (QED) is 0.462. The Kier molecular flexibility index (Phi) is 5.77. The molecular formula is C23H22ClN3O4S. The fourth-order valence-corrected chi connectivity index (χ4v) is 5.09. The van der Waals surface area contributed by atoms with Crippen molar-refractivity contribution in [2.45, 2.75) is 24.3 Å². The van der Waals surface area contributed by atoms with Crippen molar-refractivity contribution in [3.05, 3.63) is 69.7 Å². The van der Waals surface area contributed by atoms with Gasteiger partial charge in [0.25, 0.3) is 0 Å². The number of ether oxygens (including phenoxy) is 2. The van der Waals surface area contributed by atoms with Gasteiger partial charge in [0.2, 0.25) is 12.7 Å². The number of hydrogen-bond donors (Lipinski definition) is 3. The number of aromatic nitrogens is 1. The molecule has 0 radical (unpaired) electrons.